The summed E-state index contributed by atoms with van der Waals surface area (Å²) in [5.74, 6) is -2.66. The second kappa shape index (κ2) is 8.27. The Morgan fingerprint density at radius 3 is 2.52 bits per heavy atom. The summed E-state index contributed by atoms with van der Waals surface area (Å²) < 4.78 is 5.85. The SMILES string of the molecule is Cc1ccc(N2C(=O)NC(=O)/C(=C/c3cc(Br)ccc3OCC(=O)O)C2=O)cc1. The minimum absolute atomic E-state index is 0.169. The van der Waals surface area contributed by atoms with Crippen LogP contribution in [-0.2, 0) is 14.4 Å². The van der Waals surface area contributed by atoms with E-state index in [1.54, 1.807) is 36.4 Å². The Balaban J connectivity index is 2.01. The number of imide groups is 2. The van der Waals surface area contributed by atoms with Crippen molar-refractivity contribution in [2.45, 2.75) is 6.92 Å². The van der Waals surface area contributed by atoms with Gasteiger partial charge in [-0.25, -0.2) is 14.5 Å². The lowest BCUT2D eigenvalue weighted by atomic mass is 10.1. The third kappa shape index (κ3) is 4.52. The van der Waals surface area contributed by atoms with Gasteiger partial charge in [0.2, 0.25) is 0 Å². The number of hydrogen-bond donors (Lipinski definition) is 2. The zero-order valence-electron chi connectivity index (χ0n) is 15.1. The Hall–Kier alpha value is -3.46. The standard InChI is InChI=1S/C20H15BrN2O6/c1-11-2-5-14(6-3-11)23-19(27)15(18(26)22-20(23)28)9-12-8-13(21)4-7-16(12)29-10-17(24)25/h2-9H,10H2,1H3,(H,24,25)(H,22,26,28)/b15-9-. The molecule has 1 aliphatic rings. The minimum atomic E-state index is -1.17. The topological polar surface area (TPSA) is 113 Å². The summed E-state index contributed by atoms with van der Waals surface area (Å²) in [5, 5.41) is 11.0. The highest BCUT2D eigenvalue weighted by molar-refractivity contribution is 9.10. The fourth-order valence-electron chi connectivity index (χ4n) is 2.64. The first-order valence-electron chi connectivity index (χ1n) is 8.38. The van der Waals surface area contributed by atoms with E-state index < -0.39 is 30.4 Å². The van der Waals surface area contributed by atoms with Gasteiger partial charge in [-0.1, -0.05) is 33.6 Å². The molecule has 1 saturated heterocycles. The van der Waals surface area contributed by atoms with Gasteiger partial charge in [0.05, 0.1) is 5.69 Å². The molecule has 1 fully saturated rings. The van der Waals surface area contributed by atoms with Crippen LogP contribution in [0.5, 0.6) is 5.75 Å². The van der Waals surface area contributed by atoms with Gasteiger partial charge in [-0.15, -0.1) is 0 Å². The predicted molar refractivity (Wildman–Crippen MR) is 107 cm³/mol. The number of nitrogens with zero attached hydrogens (tertiary/aromatic N) is 1. The number of carbonyl (C=O) groups is 4. The number of barbiturate groups is 1. The number of hydrogen-bond acceptors (Lipinski definition) is 5. The molecule has 8 nitrogen and oxygen atoms in total. The number of rotatable bonds is 5. The second-order valence-electron chi connectivity index (χ2n) is 6.16. The third-order valence-electron chi connectivity index (χ3n) is 4.02. The molecule has 148 valence electrons. The van der Waals surface area contributed by atoms with Crippen molar-refractivity contribution >= 4 is 51.5 Å². The number of carbonyl (C=O) groups excluding carboxylic acids is 3. The van der Waals surface area contributed by atoms with Gasteiger partial charge in [-0.2, -0.15) is 0 Å². The number of carboxylic acids is 1. The lowest BCUT2D eigenvalue weighted by Gasteiger charge is -2.26. The average molecular weight is 459 g/mol. The van der Waals surface area contributed by atoms with Gasteiger partial charge in [-0.05, 0) is 43.3 Å². The molecule has 0 bridgehead atoms. The molecule has 0 saturated carbocycles. The molecule has 1 heterocycles. The second-order valence-corrected chi connectivity index (χ2v) is 7.07. The molecule has 0 aliphatic carbocycles. The van der Waals surface area contributed by atoms with Gasteiger partial charge in [0.15, 0.2) is 6.61 Å². The number of ether oxygens (including phenoxy) is 1. The Morgan fingerprint density at radius 2 is 1.86 bits per heavy atom. The fraction of sp³-hybridized carbons (Fsp3) is 0.100. The fourth-order valence-corrected chi connectivity index (χ4v) is 3.02. The predicted octanol–water partition coefficient (Wildman–Crippen LogP) is 2.89. The monoisotopic (exact) mass is 458 g/mol. The molecule has 2 aromatic carbocycles. The summed E-state index contributed by atoms with van der Waals surface area (Å²) in [6.07, 6.45) is 1.26. The van der Waals surface area contributed by atoms with Gasteiger partial charge < -0.3 is 9.84 Å². The van der Waals surface area contributed by atoms with Crippen LogP contribution in [0.25, 0.3) is 6.08 Å². The van der Waals surface area contributed by atoms with Gasteiger partial charge in [0.25, 0.3) is 11.8 Å². The summed E-state index contributed by atoms with van der Waals surface area (Å²) in [6, 6.07) is 10.5. The van der Waals surface area contributed by atoms with E-state index in [9.17, 15) is 19.2 Å². The van der Waals surface area contributed by atoms with Crippen molar-refractivity contribution in [2.24, 2.45) is 0 Å². The highest BCUT2D eigenvalue weighted by Gasteiger charge is 2.36. The number of carboxylic acid groups (broad SMARTS) is 1. The Morgan fingerprint density at radius 1 is 1.17 bits per heavy atom. The molecule has 0 spiro atoms. The van der Waals surface area contributed by atoms with Crippen molar-refractivity contribution < 1.29 is 29.0 Å². The number of urea groups is 1. The third-order valence-corrected chi connectivity index (χ3v) is 4.51. The zero-order chi connectivity index (χ0) is 21.1. The van der Waals surface area contributed by atoms with Crippen LogP contribution in [0.4, 0.5) is 10.5 Å². The van der Waals surface area contributed by atoms with Gasteiger partial charge >= 0.3 is 12.0 Å². The van der Waals surface area contributed by atoms with Crippen LogP contribution in [0.1, 0.15) is 11.1 Å². The molecule has 1 aliphatic heterocycles. The smallest absolute Gasteiger partial charge is 0.341 e. The van der Waals surface area contributed by atoms with E-state index in [4.69, 9.17) is 9.84 Å². The van der Waals surface area contributed by atoms with Crippen molar-refractivity contribution in [1.29, 1.82) is 0 Å². The number of aryl methyl sites for hydroxylation is 1. The molecule has 0 radical (unpaired) electrons. The normalized spacial score (nSPS) is 15.4. The molecule has 0 aromatic heterocycles. The lowest BCUT2D eigenvalue weighted by Crippen LogP contribution is -2.54. The molecule has 2 aromatic rings. The molecule has 2 N–H and O–H groups in total. The maximum atomic E-state index is 12.9. The number of halogens is 1. The van der Waals surface area contributed by atoms with Crippen molar-refractivity contribution in [3.63, 3.8) is 0 Å². The van der Waals surface area contributed by atoms with Crippen LogP contribution in [0, 0.1) is 6.92 Å². The quantitative estimate of drug-likeness (QED) is 0.525. The van der Waals surface area contributed by atoms with Gasteiger partial charge in [-0.3, -0.25) is 14.9 Å². The highest BCUT2D eigenvalue weighted by atomic mass is 79.9. The first-order chi connectivity index (χ1) is 13.8. The van der Waals surface area contributed by atoms with E-state index in [-0.39, 0.29) is 11.3 Å². The summed E-state index contributed by atoms with van der Waals surface area (Å²) >= 11 is 3.29. The average Bonchev–Trinajstić information content (AvgIpc) is 2.65. The van der Waals surface area contributed by atoms with E-state index in [1.165, 1.54) is 12.1 Å². The van der Waals surface area contributed by atoms with Crippen molar-refractivity contribution in [1.82, 2.24) is 5.32 Å². The summed E-state index contributed by atoms with van der Waals surface area (Å²) in [6.45, 7) is 1.27. The Bertz CT molecular complexity index is 1050. The van der Waals surface area contributed by atoms with E-state index in [1.807, 2.05) is 6.92 Å². The number of aliphatic carboxylic acids is 1. The van der Waals surface area contributed by atoms with E-state index in [2.05, 4.69) is 21.2 Å². The Labute approximate surface area is 173 Å². The summed E-state index contributed by atoms with van der Waals surface area (Å²) in [5.41, 5.74) is 1.27. The zero-order valence-corrected chi connectivity index (χ0v) is 16.7. The Kier molecular flexibility index (Phi) is 5.79. The minimum Gasteiger partial charge on any atom is -0.481 e. The van der Waals surface area contributed by atoms with Crippen molar-refractivity contribution in [2.75, 3.05) is 11.5 Å². The summed E-state index contributed by atoms with van der Waals surface area (Å²) in [4.78, 5) is 49.1. The van der Waals surface area contributed by atoms with E-state index in [0.717, 1.165) is 10.5 Å². The number of benzene rings is 2. The molecular formula is C20H15BrN2O6. The van der Waals surface area contributed by atoms with Crippen LogP contribution in [0.3, 0.4) is 0 Å². The van der Waals surface area contributed by atoms with Crippen LogP contribution < -0.4 is 15.0 Å². The number of nitrogens with one attached hydrogen (secondary N) is 1. The first kappa shape index (κ1) is 20.3. The largest absolute Gasteiger partial charge is 0.481 e. The summed E-state index contributed by atoms with van der Waals surface area (Å²) in [7, 11) is 0. The molecule has 0 unspecified atom stereocenters. The molecular weight excluding hydrogens is 444 g/mol. The number of amides is 4. The maximum absolute atomic E-state index is 12.9. The molecule has 9 heteroatoms. The van der Waals surface area contributed by atoms with Crippen LogP contribution in [0.2, 0.25) is 0 Å². The van der Waals surface area contributed by atoms with E-state index >= 15 is 0 Å². The molecule has 3 rings (SSSR count). The van der Waals surface area contributed by atoms with Crippen LogP contribution in [0.15, 0.2) is 52.5 Å². The van der Waals surface area contributed by atoms with Crippen molar-refractivity contribution in [3.05, 3.63) is 63.6 Å². The molecule has 0 atom stereocenters. The van der Waals surface area contributed by atoms with Gasteiger partial charge in [0, 0.05) is 10.0 Å². The van der Waals surface area contributed by atoms with Crippen LogP contribution >= 0.6 is 15.9 Å². The first-order valence-corrected chi connectivity index (χ1v) is 9.18. The molecule has 29 heavy (non-hydrogen) atoms. The van der Waals surface area contributed by atoms with Crippen molar-refractivity contribution in [3.8, 4) is 5.75 Å². The van der Waals surface area contributed by atoms with Crippen LogP contribution in [-0.4, -0.2) is 35.5 Å². The highest BCUT2D eigenvalue weighted by Crippen LogP contribution is 2.28. The van der Waals surface area contributed by atoms with Gasteiger partial charge in [0.1, 0.15) is 11.3 Å². The lowest BCUT2D eigenvalue weighted by molar-refractivity contribution is -0.139. The molecule has 4 amide bonds. The number of anilines is 1. The maximum Gasteiger partial charge on any atom is 0.341 e. The van der Waals surface area contributed by atoms with E-state index in [0.29, 0.717) is 15.7 Å².